The first-order valence-corrected chi connectivity index (χ1v) is 6.80. The molecule has 0 aliphatic carbocycles. The minimum absolute atomic E-state index is 0.0560. The predicted octanol–water partition coefficient (Wildman–Crippen LogP) is 4.43. The first-order valence-electron chi connectivity index (χ1n) is 6.80. The van der Waals surface area contributed by atoms with Crippen LogP contribution in [0, 0.1) is 5.92 Å². The molecule has 0 saturated carbocycles. The Bertz CT molecular complexity index is 289. The third-order valence-electron chi connectivity index (χ3n) is 2.96. The topological polar surface area (TPSA) is 26.3 Å². The summed E-state index contributed by atoms with van der Waals surface area (Å²) in [4.78, 5) is 11.8. The smallest absolute Gasteiger partial charge is 0.308 e. The Morgan fingerprint density at radius 2 is 2.06 bits per heavy atom. The van der Waals surface area contributed by atoms with Gasteiger partial charge in [0.05, 0.1) is 12.5 Å². The van der Waals surface area contributed by atoms with E-state index in [1.807, 2.05) is 13.0 Å². The Kier molecular flexibility index (Phi) is 10.0. The van der Waals surface area contributed by atoms with Gasteiger partial charge in [-0.25, -0.2) is 0 Å². The average Bonchev–Trinajstić information content (AvgIpc) is 2.38. The van der Waals surface area contributed by atoms with Crippen molar-refractivity contribution in [2.75, 3.05) is 6.61 Å². The van der Waals surface area contributed by atoms with E-state index in [0.29, 0.717) is 13.0 Å². The summed E-state index contributed by atoms with van der Waals surface area (Å²) in [5.41, 5.74) is 1.04. The number of hydrogen-bond donors (Lipinski definition) is 0. The summed E-state index contributed by atoms with van der Waals surface area (Å²) in [5, 5.41) is 0. The average molecular weight is 250 g/mol. The highest BCUT2D eigenvalue weighted by molar-refractivity contribution is 5.72. The van der Waals surface area contributed by atoms with Crippen LogP contribution >= 0.6 is 0 Å². The lowest BCUT2D eigenvalue weighted by Crippen LogP contribution is -2.17. The van der Waals surface area contributed by atoms with Crippen molar-refractivity contribution in [3.8, 4) is 0 Å². The van der Waals surface area contributed by atoms with E-state index in [1.165, 1.54) is 0 Å². The first kappa shape index (κ1) is 16.7. The third-order valence-corrected chi connectivity index (χ3v) is 2.96. The van der Waals surface area contributed by atoms with Crippen molar-refractivity contribution < 1.29 is 9.53 Å². The number of allylic oxidation sites excluding steroid dienone is 3. The number of unbranched alkanes of at least 4 members (excludes halogenated alkanes) is 1. The molecular formula is C16H26O2. The molecule has 0 fully saturated rings. The molecule has 0 rings (SSSR count). The van der Waals surface area contributed by atoms with E-state index in [-0.39, 0.29) is 11.9 Å². The molecule has 0 amide bonds. The van der Waals surface area contributed by atoms with Gasteiger partial charge in [0.1, 0.15) is 0 Å². The van der Waals surface area contributed by atoms with Crippen molar-refractivity contribution in [2.45, 2.75) is 46.0 Å². The Balaban J connectivity index is 4.03. The van der Waals surface area contributed by atoms with Gasteiger partial charge in [-0.1, -0.05) is 58.1 Å². The molecule has 0 heterocycles. The second-order valence-corrected chi connectivity index (χ2v) is 4.35. The number of esters is 1. The van der Waals surface area contributed by atoms with Crippen molar-refractivity contribution in [1.29, 1.82) is 0 Å². The van der Waals surface area contributed by atoms with Gasteiger partial charge in [-0.3, -0.25) is 4.79 Å². The Morgan fingerprint density at radius 1 is 1.33 bits per heavy atom. The minimum atomic E-state index is -0.0621. The summed E-state index contributed by atoms with van der Waals surface area (Å²) in [6, 6.07) is 0. The third kappa shape index (κ3) is 7.10. The fourth-order valence-corrected chi connectivity index (χ4v) is 1.73. The van der Waals surface area contributed by atoms with Gasteiger partial charge in [0.2, 0.25) is 0 Å². The van der Waals surface area contributed by atoms with Crippen LogP contribution in [0.25, 0.3) is 0 Å². The number of hydrogen-bond acceptors (Lipinski definition) is 2. The Morgan fingerprint density at radius 3 is 2.56 bits per heavy atom. The summed E-state index contributed by atoms with van der Waals surface area (Å²) in [6.07, 6.45) is 10.1. The lowest BCUT2D eigenvalue weighted by molar-refractivity contribution is -0.148. The summed E-state index contributed by atoms with van der Waals surface area (Å²) in [6.45, 7) is 11.9. The molecule has 18 heavy (non-hydrogen) atoms. The van der Waals surface area contributed by atoms with Crippen LogP contribution in [-0.4, -0.2) is 12.6 Å². The van der Waals surface area contributed by atoms with Crippen LogP contribution in [0.15, 0.2) is 37.0 Å². The van der Waals surface area contributed by atoms with Gasteiger partial charge < -0.3 is 4.74 Å². The quantitative estimate of drug-likeness (QED) is 0.423. The number of carbonyl (C=O) groups excluding carboxylic acids is 1. The van der Waals surface area contributed by atoms with Crippen LogP contribution in [0.5, 0.6) is 0 Å². The molecule has 0 aromatic carbocycles. The van der Waals surface area contributed by atoms with Crippen LogP contribution in [0.4, 0.5) is 0 Å². The first-order chi connectivity index (χ1) is 8.69. The van der Waals surface area contributed by atoms with E-state index >= 15 is 0 Å². The van der Waals surface area contributed by atoms with Crippen LogP contribution in [0.1, 0.15) is 46.0 Å². The number of ether oxygens (including phenoxy) is 1. The Hall–Kier alpha value is -1.31. The van der Waals surface area contributed by atoms with Crippen LogP contribution < -0.4 is 0 Å². The van der Waals surface area contributed by atoms with Gasteiger partial charge in [-0.05, 0) is 18.4 Å². The van der Waals surface area contributed by atoms with E-state index in [4.69, 9.17) is 4.74 Å². The maximum atomic E-state index is 11.8. The van der Waals surface area contributed by atoms with Crippen molar-refractivity contribution in [1.82, 2.24) is 0 Å². The van der Waals surface area contributed by atoms with E-state index in [1.54, 1.807) is 12.2 Å². The van der Waals surface area contributed by atoms with E-state index in [2.05, 4.69) is 20.1 Å². The maximum absolute atomic E-state index is 11.8. The van der Waals surface area contributed by atoms with Crippen LogP contribution in [0.2, 0.25) is 0 Å². The van der Waals surface area contributed by atoms with Gasteiger partial charge in [-0.2, -0.15) is 0 Å². The zero-order valence-corrected chi connectivity index (χ0v) is 11.8. The van der Waals surface area contributed by atoms with Crippen molar-refractivity contribution >= 4 is 5.97 Å². The van der Waals surface area contributed by atoms with Crippen LogP contribution in [0.3, 0.4) is 0 Å². The fraction of sp³-hybridized carbons (Fsp3) is 0.562. The number of rotatable bonds is 10. The summed E-state index contributed by atoms with van der Waals surface area (Å²) < 4.78 is 5.31. The van der Waals surface area contributed by atoms with Gasteiger partial charge in [-0.15, -0.1) is 0 Å². The second kappa shape index (κ2) is 10.8. The highest BCUT2D eigenvalue weighted by Crippen LogP contribution is 2.15. The zero-order valence-electron chi connectivity index (χ0n) is 11.8. The molecule has 0 N–H and O–H groups in total. The molecule has 0 spiro atoms. The second-order valence-electron chi connectivity index (χ2n) is 4.35. The summed E-state index contributed by atoms with van der Waals surface area (Å²) >= 11 is 0. The van der Waals surface area contributed by atoms with E-state index in [0.717, 1.165) is 31.3 Å². The molecule has 1 atom stereocenters. The molecule has 2 heteroatoms. The highest BCUT2D eigenvalue weighted by atomic mass is 16.5. The minimum Gasteiger partial charge on any atom is -0.465 e. The van der Waals surface area contributed by atoms with Gasteiger partial charge in [0.25, 0.3) is 0 Å². The zero-order chi connectivity index (χ0) is 13.8. The summed E-state index contributed by atoms with van der Waals surface area (Å²) in [5.74, 6) is -0.00604. The van der Waals surface area contributed by atoms with Crippen molar-refractivity contribution in [3.63, 3.8) is 0 Å². The largest absolute Gasteiger partial charge is 0.465 e. The van der Waals surface area contributed by atoms with Crippen LogP contribution in [-0.2, 0) is 9.53 Å². The van der Waals surface area contributed by atoms with Crippen molar-refractivity contribution in [3.05, 3.63) is 37.0 Å². The standard InChI is InChI=1S/C16H26O2/c1-5-9-11-15(8-4)16(17)18-13-12-14(7-3)10-6-2/h6-7,10,15H,2-3,5,8-9,11-13H2,1,4H3/b14-10+. The molecule has 2 nitrogen and oxygen atoms in total. The molecule has 0 aliphatic heterocycles. The highest BCUT2D eigenvalue weighted by Gasteiger charge is 2.16. The Labute approximate surface area is 111 Å². The van der Waals surface area contributed by atoms with Crippen molar-refractivity contribution in [2.24, 2.45) is 5.92 Å². The molecule has 0 bridgehead atoms. The normalized spacial score (nSPS) is 12.9. The monoisotopic (exact) mass is 250 g/mol. The maximum Gasteiger partial charge on any atom is 0.308 e. The molecule has 1 unspecified atom stereocenters. The lowest BCUT2D eigenvalue weighted by Gasteiger charge is -2.13. The molecule has 102 valence electrons. The molecule has 0 aromatic rings. The van der Waals surface area contributed by atoms with Gasteiger partial charge in [0, 0.05) is 6.42 Å². The summed E-state index contributed by atoms with van der Waals surface area (Å²) in [7, 11) is 0. The van der Waals surface area contributed by atoms with E-state index < -0.39 is 0 Å². The van der Waals surface area contributed by atoms with E-state index in [9.17, 15) is 4.79 Å². The van der Waals surface area contributed by atoms with Gasteiger partial charge in [0.15, 0.2) is 0 Å². The molecule has 0 saturated heterocycles. The predicted molar refractivity (Wildman–Crippen MR) is 77.4 cm³/mol. The fourth-order valence-electron chi connectivity index (χ4n) is 1.73. The SMILES string of the molecule is C=C/C=C(\C=C)CCOC(=O)C(CC)CCCC. The molecule has 0 aliphatic rings. The molecular weight excluding hydrogens is 224 g/mol. The number of carbonyl (C=O) groups is 1. The molecule has 0 aromatic heterocycles. The van der Waals surface area contributed by atoms with Gasteiger partial charge >= 0.3 is 5.97 Å². The molecule has 0 radical (unpaired) electrons. The lowest BCUT2D eigenvalue weighted by atomic mass is 10.00.